The molecule has 0 spiro atoms. The number of rotatable bonds is 5. The quantitative estimate of drug-likeness (QED) is 0.763. The summed E-state index contributed by atoms with van der Waals surface area (Å²) in [6, 6.07) is 8.16. The van der Waals surface area contributed by atoms with Gasteiger partial charge in [0.15, 0.2) is 0 Å². The average Bonchev–Trinajstić information content (AvgIpc) is 2.78. The van der Waals surface area contributed by atoms with Crippen LogP contribution < -0.4 is 10.5 Å². The third-order valence-electron chi connectivity index (χ3n) is 2.57. The van der Waals surface area contributed by atoms with Gasteiger partial charge in [0.25, 0.3) is 0 Å². The van der Waals surface area contributed by atoms with Gasteiger partial charge in [0.05, 0.1) is 19.4 Å². The molecule has 0 amide bonds. The number of nitrogen functional groups attached to an aromatic ring is 1. The third kappa shape index (κ3) is 3.95. The number of hydrogen-bond acceptors (Lipinski definition) is 4. The van der Waals surface area contributed by atoms with E-state index in [2.05, 4.69) is 20.7 Å². The zero-order valence-electron chi connectivity index (χ0n) is 10.3. The smallest absolute Gasteiger partial charge is 0.240 e. The van der Waals surface area contributed by atoms with Gasteiger partial charge >= 0.3 is 0 Å². The van der Waals surface area contributed by atoms with Crippen molar-refractivity contribution in [3.63, 3.8) is 0 Å². The van der Waals surface area contributed by atoms with Gasteiger partial charge in [-0.05, 0) is 52.7 Å². The Morgan fingerprint density at radius 2 is 2.05 bits per heavy atom. The molecule has 2 rings (SSSR count). The normalized spacial score (nSPS) is 11.7. The number of sulfonamides is 1. The summed E-state index contributed by atoms with van der Waals surface area (Å²) in [4.78, 5) is 1.22. The molecular weight excluding hydrogens is 384 g/mol. The van der Waals surface area contributed by atoms with Gasteiger partial charge in [-0.3, -0.25) is 0 Å². The molecule has 0 aliphatic heterocycles. The molecule has 3 N–H and O–H groups in total. The fourth-order valence-electron chi connectivity index (χ4n) is 1.57. The summed E-state index contributed by atoms with van der Waals surface area (Å²) in [5, 5.41) is 0.340. The van der Waals surface area contributed by atoms with Crippen molar-refractivity contribution in [3.8, 4) is 0 Å². The molecule has 0 unspecified atom stereocenters. The molecule has 0 fully saturated rings. The molecule has 0 aliphatic rings. The van der Waals surface area contributed by atoms with E-state index >= 15 is 0 Å². The fourth-order valence-corrected chi connectivity index (χ4v) is 4.23. The van der Waals surface area contributed by atoms with E-state index < -0.39 is 10.0 Å². The highest BCUT2D eigenvalue weighted by Gasteiger charge is 2.14. The first-order valence-corrected chi connectivity index (χ1v) is 9.14. The van der Waals surface area contributed by atoms with Gasteiger partial charge in [0.1, 0.15) is 0 Å². The maximum atomic E-state index is 12.1. The monoisotopic (exact) mass is 394 g/mol. The van der Waals surface area contributed by atoms with Gasteiger partial charge in [0.2, 0.25) is 10.0 Å². The molecule has 1 heterocycles. The lowest BCUT2D eigenvalue weighted by Crippen LogP contribution is -2.25. The van der Waals surface area contributed by atoms with E-state index in [-0.39, 0.29) is 10.6 Å². The molecule has 0 aliphatic carbocycles. The minimum Gasteiger partial charge on any atom is -0.397 e. The summed E-state index contributed by atoms with van der Waals surface area (Å²) >= 11 is 10.7. The van der Waals surface area contributed by atoms with Crippen LogP contribution >= 0.6 is 38.9 Å². The Balaban J connectivity index is 2.02. The van der Waals surface area contributed by atoms with Crippen LogP contribution in [0.3, 0.4) is 0 Å². The summed E-state index contributed by atoms with van der Waals surface area (Å²) in [6.45, 7) is 0.331. The van der Waals surface area contributed by atoms with Crippen molar-refractivity contribution in [1.82, 2.24) is 4.72 Å². The van der Waals surface area contributed by atoms with E-state index in [9.17, 15) is 8.42 Å². The minimum absolute atomic E-state index is 0.117. The molecule has 1 aromatic heterocycles. The molecular formula is C12H12BrClN2O2S2. The molecule has 0 radical (unpaired) electrons. The van der Waals surface area contributed by atoms with Crippen LogP contribution in [0.5, 0.6) is 0 Å². The zero-order chi connectivity index (χ0) is 14.8. The largest absolute Gasteiger partial charge is 0.397 e. The Hall–Kier alpha value is -0.600. The van der Waals surface area contributed by atoms with E-state index in [1.54, 1.807) is 11.3 Å². The molecule has 20 heavy (non-hydrogen) atoms. The molecule has 8 heteroatoms. The van der Waals surface area contributed by atoms with Crippen molar-refractivity contribution < 1.29 is 8.42 Å². The molecule has 0 atom stereocenters. The van der Waals surface area contributed by atoms with Crippen molar-refractivity contribution in [1.29, 1.82) is 0 Å². The predicted octanol–water partition coefficient (Wildman–Crippen LogP) is 3.27. The van der Waals surface area contributed by atoms with E-state index in [0.29, 0.717) is 18.0 Å². The molecule has 0 saturated heterocycles. The lowest BCUT2D eigenvalue weighted by Gasteiger charge is -2.07. The average molecular weight is 396 g/mol. The molecule has 108 valence electrons. The minimum atomic E-state index is -3.56. The van der Waals surface area contributed by atoms with Crippen LogP contribution in [-0.4, -0.2) is 15.0 Å². The van der Waals surface area contributed by atoms with E-state index in [1.165, 1.54) is 18.2 Å². The highest BCUT2D eigenvalue weighted by Crippen LogP contribution is 2.23. The van der Waals surface area contributed by atoms with Crippen molar-refractivity contribution in [3.05, 3.63) is 44.0 Å². The van der Waals surface area contributed by atoms with E-state index in [0.717, 1.165) is 8.66 Å². The van der Waals surface area contributed by atoms with Crippen LogP contribution in [-0.2, 0) is 16.4 Å². The molecule has 0 bridgehead atoms. The lowest BCUT2D eigenvalue weighted by molar-refractivity contribution is 0.582. The zero-order valence-corrected chi connectivity index (χ0v) is 14.2. The number of halogens is 2. The summed E-state index contributed by atoms with van der Waals surface area (Å²) in [6.07, 6.45) is 0.637. The van der Waals surface area contributed by atoms with Crippen LogP contribution in [0, 0.1) is 0 Å². The number of thiophene rings is 1. The Kier molecular flexibility index (Phi) is 5.09. The second-order valence-electron chi connectivity index (χ2n) is 4.04. The van der Waals surface area contributed by atoms with Gasteiger partial charge in [-0.2, -0.15) is 0 Å². The van der Waals surface area contributed by atoms with Gasteiger partial charge in [0, 0.05) is 11.4 Å². The Morgan fingerprint density at radius 3 is 2.65 bits per heavy atom. The van der Waals surface area contributed by atoms with Crippen molar-refractivity contribution in [2.24, 2.45) is 0 Å². The number of nitrogens with two attached hydrogens (primary N) is 1. The van der Waals surface area contributed by atoms with E-state index in [1.807, 2.05) is 12.1 Å². The molecule has 2 aromatic rings. The maximum Gasteiger partial charge on any atom is 0.240 e. The summed E-state index contributed by atoms with van der Waals surface area (Å²) < 4.78 is 27.7. The van der Waals surface area contributed by atoms with Crippen molar-refractivity contribution >= 4 is 54.6 Å². The SMILES string of the molecule is Nc1cc(S(=O)(=O)NCCc2ccc(Br)s2)ccc1Cl. The lowest BCUT2D eigenvalue weighted by atomic mass is 10.3. The predicted molar refractivity (Wildman–Crippen MR) is 86.8 cm³/mol. The first-order chi connectivity index (χ1) is 9.38. The van der Waals surface area contributed by atoms with Crippen LogP contribution in [0.2, 0.25) is 5.02 Å². The molecule has 0 saturated carbocycles. The van der Waals surface area contributed by atoms with Crippen molar-refractivity contribution in [2.45, 2.75) is 11.3 Å². The van der Waals surface area contributed by atoms with E-state index in [4.69, 9.17) is 17.3 Å². The Bertz CT molecular complexity index is 716. The third-order valence-corrected chi connectivity index (χ3v) is 6.06. The fraction of sp³-hybridized carbons (Fsp3) is 0.167. The van der Waals surface area contributed by atoms with Crippen LogP contribution in [0.25, 0.3) is 0 Å². The number of benzene rings is 1. The number of anilines is 1. The highest BCUT2D eigenvalue weighted by atomic mass is 79.9. The van der Waals surface area contributed by atoms with Crippen LogP contribution in [0.1, 0.15) is 4.88 Å². The standard InChI is InChI=1S/C12H12BrClN2O2S2/c13-12-4-1-8(19-12)5-6-16-20(17,18)9-2-3-10(14)11(15)7-9/h1-4,7,16H,5-6,15H2. The first kappa shape index (κ1) is 15.8. The van der Waals surface area contributed by atoms with Crippen molar-refractivity contribution in [2.75, 3.05) is 12.3 Å². The van der Waals surface area contributed by atoms with Gasteiger partial charge < -0.3 is 5.73 Å². The van der Waals surface area contributed by atoms with Gasteiger partial charge in [-0.1, -0.05) is 11.6 Å². The Labute approximate surface area is 135 Å². The topological polar surface area (TPSA) is 72.2 Å². The second-order valence-corrected chi connectivity index (χ2v) is 8.76. The first-order valence-electron chi connectivity index (χ1n) is 5.67. The summed E-state index contributed by atoms with van der Waals surface area (Å²) in [5.41, 5.74) is 5.86. The maximum absolute atomic E-state index is 12.1. The second kappa shape index (κ2) is 6.44. The highest BCUT2D eigenvalue weighted by molar-refractivity contribution is 9.11. The summed E-state index contributed by atoms with van der Waals surface area (Å²) in [5.74, 6) is 0. The van der Waals surface area contributed by atoms with Gasteiger partial charge in [-0.25, -0.2) is 13.1 Å². The number of nitrogens with one attached hydrogen (secondary N) is 1. The number of hydrogen-bond donors (Lipinski definition) is 2. The Morgan fingerprint density at radius 1 is 1.30 bits per heavy atom. The van der Waals surface area contributed by atoms with Gasteiger partial charge in [-0.15, -0.1) is 11.3 Å². The molecule has 4 nitrogen and oxygen atoms in total. The van der Waals surface area contributed by atoms with Crippen LogP contribution in [0.15, 0.2) is 39.0 Å². The summed E-state index contributed by atoms with van der Waals surface area (Å²) in [7, 11) is -3.56. The van der Waals surface area contributed by atoms with Crippen LogP contribution in [0.4, 0.5) is 5.69 Å². The molecule has 1 aromatic carbocycles.